The maximum Gasteiger partial charge on any atom is 0.307 e. The SMILES string of the molecule is CC(c1c(Cl)cccc1Cl)n1cc([N+](=O)[O-])cn1. The Bertz CT molecular complexity index is 577. The molecule has 0 N–H and O–H groups in total. The molecule has 1 heterocycles. The Morgan fingerprint density at radius 3 is 2.50 bits per heavy atom. The number of nitro groups is 1. The molecule has 1 aromatic heterocycles. The highest BCUT2D eigenvalue weighted by Crippen LogP contribution is 2.32. The van der Waals surface area contributed by atoms with Crippen molar-refractivity contribution in [1.29, 1.82) is 0 Å². The van der Waals surface area contributed by atoms with Gasteiger partial charge in [-0.1, -0.05) is 29.3 Å². The van der Waals surface area contributed by atoms with Crippen LogP contribution in [0.2, 0.25) is 10.0 Å². The summed E-state index contributed by atoms with van der Waals surface area (Å²) in [6, 6.07) is 4.90. The Balaban J connectivity index is 2.41. The zero-order valence-electron chi connectivity index (χ0n) is 9.38. The van der Waals surface area contributed by atoms with Gasteiger partial charge in [-0.3, -0.25) is 14.8 Å². The molecule has 0 fully saturated rings. The first-order chi connectivity index (χ1) is 8.50. The van der Waals surface area contributed by atoms with Crippen molar-refractivity contribution in [3.05, 3.63) is 56.3 Å². The Hall–Kier alpha value is -1.59. The summed E-state index contributed by atoms with van der Waals surface area (Å²) in [7, 11) is 0. The number of benzene rings is 1. The molecule has 2 aromatic rings. The van der Waals surface area contributed by atoms with Gasteiger partial charge < -0.3 is 0 Å². The molecule has 5 nitrogen and oxygen atoms in total. The number of hydrogen-bond acceptors (Lipinski definition) is 3. The standard InChI is InChI=1S/C11H9Cl2N3O2/c1-7(11-9(12)3-2-4-10(11)13)15-6-8(5-14-15)16(17)18/h2-7H,1H3. The van der Waals surface area contributed by atoms with Crippen LogP contribution in [0.15, 0.2) is 30.6 Å². The van der Waals surface area contributed by atoms with Crippen LogP contribution in [-0.4, -0.2) is 14.7 Å². The highest BCUT2D eigenvalue weighted by molar-refractivity contribution is 6.36. The number of nitrogens with zero attached hydrogens (tertiary/aromatic N) is 3. The summed E-state index contributed by atoms with van der Waals surface area (Å²) in [5.74, 6) is 0. The molecule has 1 aromatic carbocycles. The van der Waals surface area contributed by atoms with Crippen molar-refractivity contribution in [2.24, 2.45) is 0 Å². The summed E-state index contributed by atoms with van der Waals surface area (Å²) in [4.78, 5) is 10.1. The van der Waals surface area contributed by atoms with E-state index in [1.165, 1.54) is 17.1 Å². The quantitative estimate of drug-likeness (QED) is 0.638. The monoisotopic (exact) mass is 285 g/mol. The number of halogens is 2. The van der Waals surface area contributed by atoms with Crippen LogP contribution in [0.1, 0.15) is 18.5 Å². The topological polar surface area (TPSA) is 61.0 Å². The lowest BCUT2D eigenvalue weighted by Crippen LogP contribution is -2.08. The number of aromatic nitrogens is 2. The van der Waals surface area contributed by atoms with Crippen molar-refractivity contribution in [1.82, 2.24) is 9.78 Å². The third-order valence-electron chi connectivity index (χ3n) is 2.61. The molecule has 0 saturated carbocycles. The Morgan fingerprint density at radius 1 is 1.39 bits per heavy atom. The summed E-state index contributed by atoms with van der Waals surface area (Å²) < 4.78 is 1.46. The van der Waals surface area contributed by atoms with Crippen molar-refractivity contribution in [2.45, 2.75) is 13.0 Å². The largest absolute Gasteiger partial charge is 0.307 e. The van der Waals surface area contributed by atoms with Gasteiger partial charge >= 0.3 is 5.69 Å². The van der Waals surface area contributed by atoms with Crippen LogP contribution in [-0.2, 0) is 0 Å². The van der Waals surface area contributed by atoms with Gasteiger partial charge in [-0.25, -0.2) is 0 Å². The fraction of sp³-hybridized carbons (Fsp3) is 0.182. The van der Waals surface area contributed by atoms with Crippen molar-refractivity contribution < 1.29 is 4.92 Å². The maximum atomic E-state index is 10.6. The van der Waals surface area contributed by atoms with Crippen molar-refractivity contribution in [3.8, 4) is 0 Å². The van der Waals surface area contributed by atoms with Gasteiger partial charge in [0.2, 0.25) is 0 Å². The Morgan fingerprint density at radius 2 is 2.00 bits per heavy atom. The fourth-order valence-corrected chi connectivity index (χ4v) is 2.39. The van der Waals surface area contributed by atoms with Crippen LogP contribution >= 0.6 is 23.2 Å². The summed E-state index contributed by atoms with van der Waals surface area (Å²) >= 11 is 12.2. The molecule has 0 aliphatic carbocycles. The molecule has 0 saturated heterocycles. The van der Waals surface area contributed by atoms with Crippen LogP contribution in [0.5, 0.6) is 0 Å². The van der Waals surface area contributed by atoms with Gasteiger partial charge in [-0.2, -0.15) is 5.10 Å². The van der Waals surface area contributed by atoms with Crippen molar-refractivity contribution in [3.63, 3.8) is 0 Å². The molecule has 94 valence electrons. The van der Waals surface area contributed by atoms with Gasteiger partial charge in [0.25, 0.3) is 0 Å². The second-order valence-corrected chi connectivity index (χ2v) is 4.56. The van der Waals surface area contributed by atoms with E-state index in [1.807, 2.05) is 6.92 Å². The maximum absolute atomic E-state index is 10.6. The minimum Gasteiger partial charge on any atom is -0.258 e. The first-order valence-corrected chi connectivity index (χ1v) is 5.88. The molecule has 1 unspecified atom stereocenters. The lowest BCUT2D eigenvalue weighted by Gasteiger charge is -2.15. The lowest BCUT2D eigenvalue weighted by molar-refractivity contribution is -0.385. The number of rotatable bonds is 3. The molecule has 0 aliphatic rings. The highest BCUT2D eigenvalue weighted by Gasteiger charge is 2.18. The minimum atomic E-state index is -0.496. The predicted octanol–water partition coefficient (Wildman–Crippen LogP) is 3.71. The normalized spacial score (nSPS) is 12.4. The van der Waals surface area contributed by atoms with Crippen molar-refractivity contribution in [2.75, 3.05) is 0 Å². The first-order valence-electron chi connectivity index (χ1n) is 5.13. The fourth-order valence-electron chi connectivity index (χ4n) is 1.68. The number of hydrogen-bond donors (Lipinski definition) is 0. The second kappa shape index (κ2) is 4.96. The molecule has 0 radical (unpaired) electrons. The summed E-state index contributed by atoms with van der Waals surface area (Å²) in [6.07, 6.45) is 2.55. The smallest absolute Gasteiger partial charge is 0.258 e. The zero-order valence-corrected chi connectivity index (χ0v) is 10.9. The van der Waals surface area contributed by atoms with Crippen LogP contribution in [0.3, 0.4) is 0 Å². The molecule has 2 rings (SSSR count). The molecule has 0 bridgehead atoms. The Kier molecular flexibility index (Phi) is 3.54. The molecule has 18 heavy (non-hydrogen) atoms. The van der Waals surface area contributed by atoms with Gasteiger partial charge in [0.1, 0.15) is 12.4 Å². The van der Waals surface area contributed by atoms with Crippen molar-refractivity contribution >= 4 is 28.9 Å². The third-order valence-corrected chi connectivity index (χ3v) is 3.27. The van der Waals surface area contributed by atoms with E-state index in [0.29, 0.717) is 15.6 Å². The lowest BCUT2D eigenvalue weighted by atomic mass is 10.1. The molecular formula is C11H9Cl2N3O2. The molecule has 0 spiro atoms. The van der Waals surface area contributed by atoms with Crippen LogP contribution in [0.25, 0.3) is 0 Å². The molecular weight excluding hydrogens is 277 g/mol. The van der Waals surface area contributed by atoms with Gasteiger partial charge in [0.05, 0.1) is 11.0 Å². The molecule has 1 atom stereocenters. The van der Waals surface area contributed by atoms with Gasteiger partial charge in [-0.15, -0.1) is 0 Å². The minimum absolute atomic E-state index is 0.0648. The average Bonchev–Trinajstić information content (AvgIpc) is 2.77. The van der Waals surface area contributed by atoms with Gasteiger partial charge in [-0.05, 0) is 19.1 Å². The van der Waals surface area contributed by atoms with E-state index in [1.54, 1.807) is 18.2 Å². The average molecular weight is 286 g/mol. The summed E-state index contributed by atoms with van der Waals surface area (Å²) in [6.45, 7) is 1.82. The van der Waals surface area contributed by atoms with Gasteiger partial charge in [0, 0.05) is 15.6 Å². The van der Waals surface area contributed by atoms with Crippen LogP contribution in [0.4, 0.5) is 5.69 Å². The zero-order chi connectivity index (χ0) is 13.3. The van der Waals surface area contributed by atoms with Gasteiger partial charge in [0.15, 0.2) is 0 Å². The Labute approximate surface area is 113 Å². The van der Waals surface area contributed by atoms with E-state index >= 15 is 0 Å². The molecule has 7 heteroatoms. The van der Waals surface area contributed by atoms with Crippen LogP contribution in [0, 0.1) is 10.1 Å². The van der Waals surface area contributed by atoms with Crippen LogP contribution < -0.4 is 0 Å². The van der Waals surface area contributed by atoms with E-state index in [0.717, 1.165) is 0 Å². The highest BCUT2D eigenvalue weighted by atomic mass is 35.5. The summed E-state index contributed by atoms with van der Waals surface area (Å²) in [5, 5.41) is 15.6. The predicted molar refractivity (Wildman–Crippen MR) is 69.2 cm³/mol. The molecule has 0 aliphatic heterocycles. The van der Waals surface area contributed by atoms with E-state index in [4.69, 9.17) is 23.2 Å². The van der Waals surface area contributed by atoms with E-state index < -0.39 is 4.92 Å². The molecule has 0 amide bonds. The third kappa shape index (κ3) is 2.32. The second-order valence-electron chi connectivity index (χ2n) is 3.75. The first kappa shape index (κ1) is 12.9. The summed E-state index contributed by atoms with van der Waals surface area (Å²) in [5.41, 5.74) is 0.629. The van der Waals surface area contributed by atoms with E-state index in [-0.39, 0.29) is 11.7 Å². The van der Waals surface area contributed by atoms with E-state index in [9.17, 15) is 10.1 Å². The van der Waals surface area contributed by atoms with E-state index in [2.05, 4.69) is 5.10 Å².